The van der Waals surface area contributed by atoms with E-state index in [4.69, 9.17) is 0 Å². The Labute approximate surface area is 177 Å². The van der Waals surface area contributed by atoms with Gasteiger partial charge in [0.2, 0.25) is 0 Å². The molecule has 0 N–H and O–H groups in total. The summed E-state index contributed by atoms with van der Waals surface area (Å²) in [5.74, 6) is 0.561. The molecule has 0 fully saturated rings. The molecule has 0 heterocycles. The molecular formula is C25H29Hf-. The zero-order valence-electron chi connectivity index (χ0n) is 16.3. The molecule has 1 heteroatoms. The minimum Gasteiger partial charge on any atom is -0.168 e. The molecule has 134 valence electrons. The van der Waals surface area contributed by atoms with Gasteiger partial charge in [-0.1, -0.05) is 68.7 Å². The molecule has 3 aromatic carbocycles. The van der Waals surface area contributed by atoms with Gasteiger partial charge in [-0.3, -0.25) is 0 Å². The Kier molecular flexibility index (Phi) is 5.97. The first kappa shape index (κ1) is 19.7. The Balaban J connectivity index is 0.00000196. The second-order valence-electron chi connectivity index (χ2n) is 8.14. The predicted molar refractivity (Wildman–Crippen MR) is 109 cm³/mol. The first-order chi connectivity index (χ1) is 12.1. The van der Waals surface area contributed by atoms with Crippen molar-refractivity contribution >= 4 is 10.8 Å². The molecule has 3 aromatic rings. The third-order valence-electron chi connectivity index (χ3n) is 6.71. The van der Waals surface area contributed by atoms with Crippen molar-refractivity contribution in [3.05, 3.63) is 76.9 Å². The summed E-state index contributed by atoms with van der Waals surface area (Å²) in [4.78, 5) is 0. The fourth-order valence-corrected chi connectivity index (χ4v) is 4.76. The summed E-state index contributed by atoms with van der Waals surface area (Å²) in [6, 6.07) is 20.6. The van der Waals surface area contributed by atoms with Crippen LogP contribution in [-0.4, -0.2) is 0 Å². The van der Waals surface area contributed by atoms with Gasteiger partial charge in [-0.05, 0) is 42.6 Å². The molecule has 0 nitrogen and oxygen atoms in total. The Morgan fingerprint density at radius 1 is 0.962 bits per heavy atom. The van der Waals surface area contributed by atoms with E-state index in [0.717, 1.165) is 6.42 Å². The first-order valence-corrected chi connectivity index (χ1v) is 9.89. The third-order valence-corrected chi connectivity index (χ3v) is 6.71. The molecule has 0 radical (unpaired) electrons. The van der Waals surface area contributed by atoms with Crippen LogP contribution in [0.2, 0.25) is 0 Å². The second-order valence-corrected chi connectivity index (χ2v) is 8.14. The van der Waals surface area contributed by atoms with E-state index in [0.29, 0.717) is 11.3 Å². The fourth-order valence-electron chi connectivity index (χ4n) is 4.76. The van der Waals surface area contributed by atoms with Crippen LogP contribution in [0.3, 0.4) is 0 Å². The summed E-state index contributed by atoms with van der Waals surface area (Å²) in [6.45, 7) is 7.07. The van der Waals surface area contributed by atoms with Gasteiger partial charge < -0.3 is 0 Å². The van der Waals surface area contributed by atoms with Crippen molar-refractivity contribution in [3.8, 4) is 0 Å². The van der Waals surface area contributed by atoms with E-state index >= 15 is 0 Å². The maximum absolute atomic E-state index is 2.52. The quantitative estimate of drug-likeness (QED) is 0.263. The Morgan fingerprint density at radius 2 is 1.62 bits per heavy atom. The van der Waals surface area contributed by atoms with Gasteiger partial charge in [0.15, 0.2) is 0 Å². The van der Waals surface area contributed by atoms with Gasteiger partial charge >= 0.3 is 0 Å². The zero-order chi connectivity index (χ0) is 17.4. The van der Waals surface area contributed by atoms with Gasteiger partial charge in [-0.25, -0.2) is 0 Å². The average molecular weight is 508 g/mol. The maximum atomic E-state index is 2.52. The van der Waals surface area contributed by atoms with Crippen LogP contribution < -0.4 is 0 Å². The van der Waals surface area contributed by atoms with E-state index in [1.165, 1.54) is 47.6 Å². The molecule has 4 rings (SSSR count). The SMILES string of the molecule is CCC1(CC)Cc2cc3cc[c-](CC(C)c4ccccc4)c3cc2C1.[Hf]. The molecule has 1 unspecified atom stereocenters. The van der Waals surface area contributed by atoms with Crippen molar-refractivity contribution in [3.63, 3.8) is 0 Å². The number of benzene rings is 2. The van der Waals surface area contributed by atoms with E-state index in [1.807, 2.05) is 0 Å². The van der Waals surface area contributed by atoms with Gasteiger partial charge in [0, 0.05) is 25.8 Å². The smallest absolute Gasteiger partial charge is 0 e. The van der Waals surface area contributed by atoms with Crippen molar-refractivity contribution in [1.29, 1.82) is 0 Å². The normalized spacial score (nSPS) is 16.3. The minimum atomic E-state index is 0. The zero-order valence-corrected chi connectivity index (χ0v) is 19.9. The van der Waals surface area contributed by atoms with Crippen LogP contribution in [0, 0.1) is 5.41 Å². The third kappa shape index (κ3) is 3.52. The molecule has 0 aromatic heterocycles. The van der Waals surface area contributed by atoms with E-state index in [9.17, 15) is 0 Å². The minimum absolute atomic E-state index is 0. The topological polar surface area (TPSA) is 0 Å². The van der Waals surface area contributed by atoms with E-state index in [2.05, 4.69) is 75.4 Å². The van der Waals surface area contributed by atoms with Gasteiger partial charge in [0.05, 0.1) is 0 Å². The Hall–Kier alpha value is -1.08. The van der Waals surface area contributed by atoms with Crippen LogP contribution in [0.1, 0.15) is 61.8 Å². The Morgan fingerprint density at radius 3 is 2.27 bits per heavy atom. The van der Waals surface area contributed by atoms with Crippen LogP contribution in [0.5, 0.6) is 0 Å². The second kappa shape index (κ2) is 7.89. The van der Waals surface area contributed by atoms with Crippen LogP contribution in [0.4, 0.5) is 0 Å². The largest absolute Gasteiger partial charge is 0.168 e. The van der Waals surface area contributed by atoms with E-state index < -0.39 is 0 Å². The predicted octanol–water partition coefficient (Wildman–Crippen LogP) is 6.81. The molecule has 0 bridgehead atoms. The number of fused-ring (bicyclic) bond motifs is 2. The van der Waals surface area contributed by atoms with Crippen molar-refractivity contribution in [1.82, 2.24) is 0 Å². The van der Waals surface area contributed by atoms with Crippen LogP contribution in [0.25, 0.3) is 10.8 Å². The van der Waals surface area contributed by atoms with E-state index in [-0.39, 0.29) is 25.8 Å². The summed E-state index contributed by atoms with van der Waals surface area (Å²) in [6.07, 6.45) is 6.25. The summed E-state index contributed by atoms with van der Waals surface area (Å²) < 4.78 is 0. The molecule has 0 saturated heterocycles. The van der Waals surface area contributed by atoms with Gasteiger partial charge in [-0.15, -0.1) is 34.5 Å². The molecule has 1 aliphatic carbocycles. The van der Waals surface area contributed by atoms with E-state index in [1.54, 1.807) is 11.1 Å². The molecule has 0 amide bonds. The monoisotopic (exact) mass is 509 g/mol. The summed E-state index contributed by atoms with van der Waals surface area (Å²) >= 11 is 0. The molecule has 0 spiro atoms. The average Bonchev–Trinajstić information content (AvgIpc) is 3.21. The summed E-state index contributed by atoms with van der Waals surface area (Å²) in [5.41, 5.74) is 6.67. The first-order valence-electron chi connectivity index (χ1n) is 9.89. The maximum Gasteiger partial charge on any atom is 0 e. The van der Waals surface area contributed by atoms with Crippen molar-refractivity contribution in [2.24, 2.45) is 5.41 Å². The van der Waals surface area contributed by atoms with Crippen LogP contribution in [0.15, 0.2) is 54.6 Å². The van der Waals surface area contributed by atoms with Crippen LogP contribution in [-0.2, 0) is 45.1 Å². The standard InChI is InChI=1S/C25H29.Hf/c1-4-25(5-2)16-22-14-21-12-11-20(24(21)15-23(22)17-25)13-18(3)19-9-7-6-8-10-19;/h6-12,14-15,18H,4-5,13,16-17H2,1-3H3;/q-1;. The molecule has 1 atom stereocenters. The summed E-state index contributed by atoms with van der Waals surface area (Å²) in [7, 11) is 0. The van der Waals surface area contributed by atoms with Crippen molar-refractivity contribution < 1.29 is 25.8 Å². The summed E-state index contributed by atoms with van der Waals surface area (Å²) in [5, 5.41) is 2.93. The molecular weight excluding hydrogens is 479 g/mol. The van der Waals surface area contributed by atoms with Crippen molar-refractivity contribution in [2.75, 3.05) is 0 Å². The Bertz CT molecular complexity index is 868. The number of hydrogen-bond acceptors (Lipinski definition) is 0. The van der Waals surface area contributed by atoms with Gasteiger partial charge in [0.1, 0.15) is 0 Å². The van der Waals surface area contributed by atoms with Gasteiger partial charge in [-0.2, -0.15) is 6.07 Å². The van der Waals surface area contributed by atoms with Crippen molar-refractivity contribution in [2.45, 2.75) is 58.8 Å². The molecule has 26 heavy (non-hydrogen) atoms. The number of hydrogen-bond donors (Lipinski definition) is 0. The molecule has 0 aliphatic heterocycles. The fraction of sp³-hybridized carbons (Fsp3) is 0.400. The van der Waals surface area contributed by atoms with Gasteiger partial charge in [0.25, 0.3) is 0 Å². The number of rotatable bonds is 5. The van der Waals surface area contributed by atoms with Crippen LogP contribution >= 0.6 is 0 Å². The molecule has 1 aliphatic rings. The molecule has 0 saturated carbocycles.